The molecule has 0 spiro atoms. The van der Waals surface area contributed by atoms with E-state index in [-0.39, 0.29) is 25.6 Å². The molecule has 1 unspecified atom stereocenters. The highest BCUT2D eigenvalue weighted by molar-refractivity contribution is 5.90. The fourth-order valence-corrected chi connectivity index (χ4v) is 1.68. The van der Waals surface area contributed by atoms with Gasteiger partial charge in [-0.3, -0.25) is 4.79 Å². The first-order chi connectivity index (χ1) is 9.56. The molecule has 1 atom stereocenters. The minimum Gasteiger partial charge on any atom is -0.394 e. The average Bonchev–Trinajstić information content (AvgIpc) is 2.43. The Morgan fingerprint density at radius 1 is 1.45 bits per heavy atom. The first kappa shape index (κ1) is 16.1. The van der Waals surface area contributed by atoms with Crippen LogP contribution in [0.1, 0.15) is 12.5 Å². The van der Waals surface area contributed by atoms with Gasteiger partial charge in [0.05, 0.1) is 19.3 Å². The summed E-state index contributed by atoms with van der Waals surface area (Å²) in [6.07, 6.45) is -0.406. The molecule has 0 saturated heterocycles. The molecule has 20 heavy (non-hydrogen) atoms. The van der Waals surface area contributed by atoms with Crippen molar-refractivity contribution in [2.24, 2.45) is 5.18 Å². The SMILES string of the molecule is CC(=O)Nc1cc(NCC(O)CO)ccc1CCN=O. The predicted molar refractivity (Wildman–Crippen MR) is 76.7 cm³/mol. The molecule has 0 radical (unpaired) electrons. The van der Waals surface area contributed by atoms with Crippen LogP contribution in [-0.4, -0.2) is 41.9 Å². The van der Waals surface area contributed by atoms with Crippen LogP contribution in [0.3, 0.4) is 0 Å². The van der Waals surface area contributed by atoms with Gasteiger partial charge in [0.1, 0.15) is 0 Å². The predicted octanol–water partition coefficient (Wildman–Crippen LogP) is 0.719. The summed E-state index contributed by atoms with van der Waals surface area (Å²) < 4.78 is 0. The Labute approximate surface area is 117 Å². The van der Waals surface area contributed by atoms with Gasteiger partial charge in [-0.25, -0.2) is 0 Å². The summed E-state index contributed by atoms with van der Waals surface area (Å²) in [5.41, 5.74) is 2.11. The number of nitroso groups, excluding NO2 is 1. The van der Waals surface area contributed by atoms with Gasteiger partial charge in [-0.15, -0.1) is 0 Å². The Balaban J connectivity index is 2.82. The maximum absolute atomic E-state index is 11.2. The molecule has 1 aromatic carbocycles. The summed E-state index contributed by atoms with van der Waals surface area (Å²) in [5, 5.41) is 26.5. The third-order valence-electron chi connectivity index (χ3n) is 2.65. The highest BCUT2D eigenvalue weighted by Gasteiger charge is 2.07. The van der Waals surface area contributed by atoms with E-state index in [4.69, 9.17) is 5.11 Å². The van der Waals surface area contributed by atoms with E-state index in [0.29, 0.717) is 17.8 Å². The number of carbonyl (C=O) groups is 1. The number of hydrogen-bond acceptors (Lipinski definition) is 6. The summed E-state index contributed by atoms with van der Waals surface area (Å²) in [4.78, 5) is 21.4. The van der Waals surface area contributed by atoms with Crippen LogP contribution < -0.4 is 10.6 Å². The molecule has 0 aliphatic carbocycles. The fourth-order valence-electron chi connectivity index (χ4n) is 1.68. The molecule has 7 heteroatoms. The number of aliphatic hydroxyl groups is 2. The van der Waals surface area contributed by atoms with Crippen molar-refractivity contribution in [3.8, 4) is 0 Å². The van der Waals surface area contributed by atoms with Crippen LogP contribution in [0.25, 0.3) is 0 Å². The fraction of sp³-hybridized carbons (Fsp3) is 0.462. The van der Waals surface area contributed by atoms with Crippen molar-refractivity contribution >= 4 is 17.3 Å². The molecule has 1 amide bonds. The minimum atomic E-state index is -0.849. The maximum Gasteiger partial charge on any atom is 0.221 e. The lowest BCUT2D eigenvalue weighted by molar-refractivity contribution is -0.114. The molecule has 0 saturated carbocycles. The van der Waals surface area contributed by atoms with Gasteiger partial charge in [0.25, 0.3) is 0 Å². The zero-order chi connectivity index (χ0) is 15.0. The highest BCUT2D eigenvalue weighted by atomic mass is 16.3. The molecular formula is C13H19N3O4. The Morgan fingerprint density at radius 2 is 2.20 bits per heavy atom. The molecule has 0 aromatic heterocycles. The summed E-state index contributed by atoms with van der Waals surface area (Å²) in [5.74, 6) is -0.210. The van der Waals surface area contributed by atoms with Crippen molar-refractivity contribution in [3.05, 3.63) is 28.7 Å². The molecule has 110 valence electrons. The zero-order valence-corrected chi connectivity index (χ0v) is 11.3. The lowest BCUT2D eigenvalue weighted by Crippen LogP contribution is -2.23. The van der Waals surface area contributed by atoms with E-state index >= 15 is 0 Å². The summed E-state index contributed by atoms with van der Waals surface area (Å²) in [6, 6.07) is 5.27. The van der Waals surface area contributed by atoms with Gasteiger partial charge in [-0.05, 0) is 24.1 Å². The largest absolute Gasteiger partial charge is 0.394 e. The van der Waals surface area contributed by atoms with E-state index in [0.717, 1.165) is 5.56 Å². The minimum absolute atomic E-state index is 0.141. The number of amides is 1. The number of nitrogens with one attached hydrogen (secondary N) is 2. The van der Waals surface area contributed by atoms with Crippen LogP contribution >= 0.6 is 0 Å². The van der Waals surface area contributed by atoms with Gasteiger partial charge in [0, 0.05) is 24.8 Å². The normalized spacial score (nSPS) is 11.8. The number of benzene rings is 1. The van der Waals surface area contributed by atoms with Crippen molar-refractivity contribution in [1.82, 2.24) is 0 Å². The number of carbonyl (C=O) groups excluding carboxylic acids is 1. The topological polar surface area (TPSA) is 111 Å². The monoisotopic (exact) mass is 281 g/mol. The summed E-state index contributed by atoms with van der Waals surface area (Å²) in [7, 11) is 0. The zero-order valence-electron chi connectivity index (χ0n) is 11.3. The third kappa shape index (κ3) is 5.33. The van der Waals surface area contributed by atoms with E-state index in [1.807, 2.05) is 0 Å². The molecule has 0 bridgehead atoms. The lowest BCUT2D eigenvalue weighted by atomic mass is 10.1. The van der Waals surface area contributed by atoms with Gasteiger partial charge in [0.15, 0.2) is 0 Å². The first-order valence-electron chi connectivity index (χ1n) is 6.29. The Morgan fingerprint density at radius 3 is 2.80 bits per heavy atom. The van der Waals surface area contributed by atoms with E-state index in [9.17, 15) is 14.8 Å². The second-order valence-electron chi connectivity index (χ2n) is 4.37. The molecule has 1 aromatic rings. The molecule has 0 fully saturated rings. The van der Waals surface area contributed by atoms with Gasteiger partial charge in [-0.2, -0.15) is 4.91 Å². The van der Waals surface area contributed by atoms with Crippen LogP contribution in [0.2, 0.25) is 0 Å². The number of rotatable bonds is 8. The second-order valence-corrected chi connectivity index (χ2v) is 4.37. The molecular weight excluding hydrogens is 262 g/mol. The van der Waals surface area contributed by atoms with E-state index < -0.39 is 6.10 Å². The van der Waals surface area contributed by atoms with Crippen molar-refractivity contribution in [3.63, 3.8) is 0 Å². The van der Waals surface area contributed by atoms with Gasteiger partial charge >= 0.3 is 0 Å². The average molecular weight is 281 g/mol. The van der Waals surface area contributed by atoms with Gasteiger partial charge in [0.2, 0.25) is 5.91 Å². The van der Waals surface area contributed by atoms with Gasteiger partial charge < -0.3 is 20.8 Å². The van der Waals surface area contributed by atoms with E-state index in [1.54, 1.807) is 18.2 Å². The first-order valence-corrected chi connectivity index (χ1v) is 6.29. The van der Waals surface area contributed by atoms with Crippen molar-refractivity contribution in [2.45, 2.75) is 19.4 Å². The lowest BCUT2D eigenvalue weighted by Gasteiger charge is -2.14. The standard InChI is InChI=1S/C13H19N3O4/c1-9(18)16-13-6-11(14-7-12(19)8-17)3-2-10(13)4-5-15-20/h2-3,6,12,14,17,19H,4-5,7-8H2,1H3,(H,16,18). The van der Waals surface area contributed by atoms with Crippen molar-refractivity contribution < 1.29 is 15.0 Å². The summed E-state index contributed by atoms with van der Waals surface area (Å²) in [6.45, 7) is 1.42. The maximum atomic E-state index is 11.2. The molecule has 0 aliphatic rings. The molecule has 0 aliphatic heterocycles. The molecule has 1 rings (SSSR count). The number of anilines is 2. The van der Waals surface area contributed by atoms with Gasteiger partial charge in [-0.1, -0.05) is 11.2 Å². The highest BCUT2D eigenvalue weighted by Crippen LogP contribution is 2.22. The number of aliphatic hydroxyl groups excluding tert-OH is 2. The Bertz CT molecular complexity index is 465. The molecule has 7 nitrogen and oxygen atoms in total. The quantitative estimate of drug-likeness (QED) is 0.525. The van der Waals surface area contributed by atoms with Crippen LogP contribution in [0, 0.1) is 4.91 Å². The van der Waals surface area contributed by atoms with Crippen LogP contribution in [-0.2, 0) is 11.2 Å². The smallest absolute Gasteiger partial charge is 0.221 e. The van der Waals surface area contributed by atoms with Crippen LogP contribution in [0.5, 0.6) is 0 Å². The third-order valence-corrected chi connectivity index (χ3v) is 2.65. The second kappa shape index (κ2) is 8.23. The number of nitrogens with zero attached hydrogens (tertiary/aromatic N) is 1. The van der Waals surface area contributed by atoms with Crippen molar-refractivity contribution in [1.29, 1.82) is 0 Å². The Kier molecular flexibility index (Phi) is 6.61. The van der Waals surface area contributed by atoms with Crippen molar-refractivity contribution in [2.75, 3.05) is 30.3 Å². The Hall–Kier alpha value is -1.99. The molecule has 4 N–H and O–H groups in total. The van der Waals surface area contributed by atoms with Crippen LogP contribution in [0.4, 0.5) is 11.4 Å². The molecule has 0 heterocycles. The number of hydrogen-bond donors (Lipinski definition) is 4. The van der Waals surface area contributed by atoms with E-state index in [2.05, 4.69) is 15.8 Å². The van der Waals surface area contributed by atoms with Crippen LogP contribution in [0.15, 0.2) is 23.4 Å². The van der Waals surface area contributed by atoms with E-state index in [1.165, 1.54) is 6.92 Å². The summed E-state index contributed by atoms with van der Waals surface area (Å²) >= 11 is 0.